The first kappa shape index (κ1) is 30.9. The minimum Gasteiger partial charge on any atom is -0.372 e. The Morgan fingerprint density at radius 1 is 0.841 bits per heavy atom. The van der Waals surface area contributed by atoms with Crippen LogP contribution in [0.4, 0.5) is 13.2 Å². The molecule has 1 aliphatic heterocycles. The van der Waals surface area contributed by atoms with Crippen LogP contribution < -0.4 is 0 Å². The SMILES string of the molecule is C=C(C)c1cccc(-c2cccc(CC(C)(c3ccc(C#N)c(C(F)(F)F)c3)C3CCN(C(=C)c4ccccc4)CC3)c2)c1. The number of benzene rings is 4. The molecule has 1 unspecified atom stereocenters. The summed E-state index contributed by atoms with van der Waals surface area (Å²) in [5.41, 5.74) is 6.05. The number of nitrogens with zero attached hydrogens (tertiary/aromatic N) is 2. The molecule has 0 bridgehead atoms. The van der Waals surface area contributed by atoms with Crippen LogP contribution in [-0.2, 0) is 18.0 Å². The number of allylic oxidation sites excluding steroid dienone is 1. The van der Waals surface area contributed by atoms with Crippen LogP contribution in [0.25, 0.3) is 22.4 Å². The molecule has 1 fully saturated rings. The van der Waals surface area contributed by atoms with Gasteiger partial charge in [-0.2, -0.15) is 18.4 Å². The third-order valence-electron chi connectivity index (χ3n) is 9.18. The molecule has 5 heteroatoms. The summed E-state index contributed by atoms with van der Waals surface area (Å²) in [5, 5.41) is 9.46. The highest BCUT2D eigenvalue weighted by Crippen LogP contribution is 2.44. The normalized spacial score (nSPS) is 15.3. The van der Waals surface area contributed by atoms with Crippen molar-refractivity contribution in [2.45, 2.75) is 44.7 Å². The van der Waals surface area contributed by atoms with E-state index in [9.17, 15) is 18.4 Å². The lowest BCUT2D eigenvalue weighted by atomic mass is 9.64. The Kier molecular flexibility index (Phi) is 8.83. The van der Waals surface area contributed by atoms with Crippen LogP contribution in [0, 0.1) is 17.2 Å². The van der Waals surface area contributed by atoms with E-state index in [1.165, 1.54) is 12.1 Å². The topological polar surface area (TPSA) is 27.0 Å². The van der Waals surface area contributed by atoms with Crippen LogP contribution in [0.15, 0.2) is 110 Å². The van der Waals surface area contributed by atoms with Gasteiger partial charge >= 0.3 is 6.18 Å². The standard InChI is InChI=1S/C39H37F3N2/c1-27(2)31-13-9-15-33(23-31)32-14-8-10-29(22-32)25-38(4,36-17-16-34(26-43)37(24-36)39(40,41)42)35-18-20-44(21-19-35)28(3)30-11-6-5-7-12-30/h5-17,22-24,35H,1,3,18-21,25H2,2,4H3. The summed E-state index contributed by atoms with van der Waals surface area (Å²) in [6, 6.07) is 32.6. The van der Waals surface area contributed by atoms with E-state index in [1.807, 2.05) is 55.5 Å². The fourth-order valence-corrected chi connectivity index (χ4v) is 6.56. The summed E-state index contributed by atoms with van der Waals surface area (Å²) >= 11 is 0. The molecule has 2 nitrogen and oxygen atoms in total. The van der Waals surface area contributed by atoms with Gasteiger partial charge in [-0.1, -0.05) is 105 Å². The number of hydrogen-bond donors (Lipinski definition) is 0. The minimum atomic E-state index is -4.62. The molecule has 1 heterocycles. The Hall–Kier alpha value is -4.56. The van der Waals surface area contributed by atoms with Gasteiger partial charge in [0.05, 0.1) is 17.2 Å². The molecule has 0 aliphatic carbocycles. The van der Waals surface area contributed by atoms with E-state index < -0.39 is 17.2 Å². The highest BCUT2D eigenvalue weighted by atomic mass is 19.4. The molecular weight excluding hydrogens is 553 g/mol. The van der Waals surface area contributed by atoms with E-state index in [0.29, 0.717) is 12.0 Å². The van der Waals surface area contributed by atoms with Crippen molar-refractivity contribution in [2.75, 3.05) is 13.1 Å². The quantitative estimate of drug-likeness (QED) is 0.204. The lowest BCUT2D eigenvalue weighted by Gasteiger charge is -2.44. The molecule has 4 aromatic rings. The van der Waals surface area contributed by atoms with Crippen LogP contribution in [-0.4, -0.2) is 18.0 Å². The zero-order chi connectivity index (χ0) is 31.5. The van der Waals surface area contributed by atoms with Gasteiger partial charge in [0, 0.05) is 18.8 Å². The third kappa shape index (κ3) is 6.50. The lowest BCUT2D eigenvalue weighted by Crippen LogP contribution is -2.42. The second kappa shape index (κ2) is 12.6. The number of halogens is 3. The lowest BCUT2D eigenvalue weighted by molar-refractivity contribution is -0.137. The number of alkyl halides is 3. The average molecular weight is 591 g/mol. The van der Waals surface area contributed by atoms with E-state index in [1.54, 1.807) is 12.1 Å². The molecule has 1 saturated heterocycles. The van der Waals surface area contributed by atoms with Crippen molar-refractivity contribution >= 4 is 11.3 Å². The van der Waals surface area contributed by atoms with Crippen molar-refractivity contribution in [1.82, 2.24) is 4.90 Å². The number of hydrogen-bond acceptors (Lipinski definition) is 2. The van der Waals surface area contributed by atoms with Crippen LogP contribution in [0.1, 0.15) is 60.1 Å². The number of nitriles is 1. The average Bonchev–Trinajstić information content (AvgIpc) is 3.04. The van der Waals surface area contributed by atoms with Gasteiger partial charge in [-0.05, 0) is 89.1 Å². The van der Waals surface area contributed by atoms with Gasteiger partial charge in [0.25, 0.3) is 0 Å². The van der Waals surface area contributed by atoms with E-state index in [2.05, 4.69) is 55.3 Å². The first-order valence-corrected chi connectivity index (χ1v) is 15.0. The number of piperidine rings is 1. The fraction of sp³-hybridized carbons (Fsp3) is 0.256. The van der Waals surface area contributed by atoms with E-state index in [4.69, 9.17) is 0 Å². The molecule has 0 radical (unpaired) electrons. The Morgan fingerprint density at radius 3 is 2.11 bits per heavy atom. The summed E-state index contributed by atoms with van der Waals surface area (Å²) in [4.78, 5) is 2.28. The molecule has 0 aromatic heterocycles. The molecule has 1 aliphatic rings. The zero-order valence-corrected chi connectivity index (χ0v) is 25.3. The van der Waals surface area contributed by atoms with Crippen molar-refractivity contribution < 1.29 is 13.2 Å². The molecule has 44 heavy (non-hydrogen) atoms. The maximum absolute atomic E-state index is 14.1. The van der Waals surface area contributed by atoms with Crippen molar-refractivity contribution in [3.05, 3.63) is 144 Å². The molecule has 5 rings (SSSR count). The largest absolute Gasteiger partial charge is 0.417 e. The third-order valence-corrected chi connectivity index (χ3v) is 9.18. The molecule has 0 saturated carbocycles. The van der Waals surface area contributed by atoms with Crippen LogP contribution in [0.3, 0.4) is 0 Å². The first-order valence-electron chi connectivity index (χ1n) is 15.0. The molecule has 0 N–H and O–H groups in total. The predicted molar refractivity (Wildman–Crippen MR) is 174 cm³/mol. The Bertz CT molecular complexity index is 1710. The van der Waals surface area contributed by atoms with Gasteiger partial charge in [-0.3, -0.25) is 0 Å². The minimum absolute atomic E-state index is 0.117. The van der Waals surface area contributed by atoms with Crippen molar-refractivity contribution in [3.8, 4) is 17.2 Å². The summed E-state index contributed by atoms with van der Waals surface area (Å²) < 4.78 is 42.4. The summed E-state index contributed by atoms with van der Waals surface area (Å²) in [6.07, 6.45) is -2.43. The van der Waals surface area contributed by atoms with Gasteiger partial charge in [-0.15, -0.1) is 0 Å². The van der Waals surface area contributed by atoms with Crippen molar-refractivity contribution in [2.24, 2.45) is 5.92 Å². The summed E-state index contributed by atoms with van der Waals surface area (Å²) in [6.45, 7) is 14.0. The van der Waals surface area contributed by atoms with Crippen molar-refractivity contribution in [3.63, 3.8) is 0 Å². The molecule has 224 valence electrons. The maximum atomic E-state index is 14.1. The van der Waals surface area contributed by atoms with E-state index in [-0.39, 0.29) is 11.5 Å². The predicted octanol–water partition coefficient (Wildman–Crippen LogP) is 10.2. The highest BCUT2D eigenvalue weighted by Gasteiger charge is 2.41. The maximum Gasteiger partial charge on any atom is 0.417 e. The second-order valence-electron chi connectivity index (χ2n) is 12.1. The molecule has 0 spiro atoms. The highest BCUT2D eigenvalue weighted by molar-refractivity contribution is 5.71. The molecule has 4 aromatic carbocycles. The molecular formula is C39H37F3N2. The molecule has 0 amide bonds. The molecule has 1 atom stereocenters. The van der Waals surface area contributed by atoms with Gasteiger partial charge in [0.15, 0.2) is 0 Å². The van der Waals surface area contributed by atoms with Gasteiger partial charge in [0.1, 0.15) is 0 Å². The van der Waals surface area contributed by atoms with Crippen LogP contribution >= 0.6 is 0 Å². The first-order chi connectivity index (χ1) is 21.0. The monoisotopic (exact) mass is 590 g/mol. The van der Waals surface area contributed by atoms with E-state index >= 15 is 0 Å². The van der Waals surface area contributed by atoms with E-state index in [0.717, 1.165) is 65.0 Å². The number of rotatable bonds is 8. The van der Waals surface area contributed by atoms with Gasteiger partial charge in [-0.25, -0.2) is 0 Å². The fourth-order valence-electron chi connectivity index (χ4n) is 6.56. The van der Waals surface area contributed by atoms with Crippen molar-refractivity contribution in [1.29, 1.82) is 5.26 Å². The number of likely N-dealkylation sites (tertiary alicyclic amines) is 1. The Morgan fingerprint density at radius 2 is 1.48 bits per heavy atom. The smallest absolute Gasteiger partial charge is 0.372 e. The summed E-state index contributed by atoms with van der Waals surface area (Å²) in [5.74, 6) is 0.117. The van der Waals surface area contributed by atoms with Gasteiger partial charge in [0.2, 0.25) is 0 Å². The Balaban J connectivity index is 1.50. The second-order valence-corrected chi connectivity index (χ2v) is 12.1. The van der Waals surface area contributed by atoms with Crippen LogP contribution in [0.5, 0.6) is 0 Å². The Labute approximate surface area is 258 Å². The van der Waals surface area contributed by atoms with Crippen LogP contribution in [0.2, 0.25) is 0 Å². The van der Waals surface area contributed by atoms with Gasteiger partial charge < -0.3 is 4.90 Å². The summed E-state index contributed by atoms with van der Waals surface area (Å²) in [7, 11) is 0. The zero-order valence-electron chi connectivity index (χ0n) is 25.3.